The van der Waals surface area contributed by atoms with E-state index >= 15 is 0 Å². The SMILES string of the molecule is O=C(NCc1ccc2c(c1)OCO2)c1cnc(N2CCN(c3ccccn3)CC2)[nH]c1=O. The van der Waals surface area contributed by atoms with Gasteiger partial charge in [-0.25, -0.2) is 9.97 Å². The lowest BCUT2D eigenvalue weighted by Gasteiger charge is -2.35. The molecule has 2 N–H and O–H groups in total. The first-order valence-electron chi connectivity index (χ1n) is 10.3. The largest absolute Gasteiger partial charge is 0.454 e. The van der Waals surface area contributed by atoms with Crippen molar-refractivity contribution in [1.82, 2.24) is 20.3 Å². The van der Waals surface area contributed by atoms with Gasteiger partial charge in [0, 0.05) is 45.1 Å². The molecule has 2 aliphatic rings. The molecule has 2 aromatic heterocycles. The molecule has 164 valence electrons. The first-order valence-corrected chi connectivity index (χ1v) is 10.3. The molecule has 10 heteroatoms. The third-order valence-electron chi connectivity index (χ3n) is 5.47. The van der Waals surface area contributed by atoms with Gasteiger partial charge in [-0.2, -0.15) is 0 Å². The van der Waals surface area contributed by atoms with Gasteiger partial charge in [0.15, 0.2) is 11.5 Å². The minimum Gasteiger partial charge on any atom is -0.454 e. The van der Waals surface area contributed by atoms with Crippen LogP contribution in [-0.4, -0.2) is 53.8 Å². The monoisotopic (exact) mass is 434 g/mol. The van der Waals surface area contributed by atoms with Crippen molar-refractivity contribution in [3.63, 3.8) is 0 Å². The number of rotatable bonds is 5. The highest BCUT2D eigenvalue weighted by Gasteiger charge is 2.21. The van der Waals surface area contributed by atoms with Gasteiger partial charge in [-0.3, -0.25) is 14.6 Å². The Morgan fingerprint density at radius 3 is 2.62 bits per heavy atom. The van der Waals surface area contributed by atoms with E-state index in [0.717, 1.165) is 24.5 Å². The Morgan fingerprint density at radius 1 is 1.03 bits per heavy atom. The van der Waals surface area contributed by atoms with Gasteiger partial charge in [0.25, 0.3) is 11.5 Å². The second-order valence-corrected chi connectivity index (χ2v) is 7.48. The fourth-order valence-corrected chi connectivity index (χ4v) is 3.72. The molecule has 0 aliphatic carbocycles. The maximum atomic E-state index is 12.5. The second kappa shape index (κ2) is 8.58. The summed E-state index contributed by atoms with van der Waals surface area (Å²) < 4.78 is 10.6. The summed E-state index contributed by atoms with van der Waals surface area (Å²) in [5, 5.41) is 2.75. The Balaban J connectivity index is 1.20. The van der Waals surface area contributed by atoms with Gasteiger partial charge >= 0.3 is 0 Å². The van der Waals surface area contributed by atoms with Crippen molar-refractivity contribution >= 4 is 17.7 Å². The van der Waals surface area contributed by atoms with Crippen LogP contribution in [0.2, 0.25) is 0 Å². The molecule has 3 aromatic rings. The van der Waals surface area contributed by atoms with Crippen LogP contribution in [0.4, 0.5) is 11.8 Å². The van der Waals surface area contributed by atoms with E-state index in [9.17, 15) is 9.59 Å². The molecule has 5 rings (SSSR count). The smallest absolute Gasteiger partial charge is 0.265 e. The van der Waals surface area contributed by atoms with Crippen molar-refractivity contribution in [2.24, 2.45) is 0 Å². The summed E-state index contributed by atoms with van der Waals surface area (Å²) in [6, 6.07) is 11.3. The van der Waals surface area contributed by atoms with Crippen molar-refractivity contribution in [2.75, 3.05) is 42.8 Å². The van der Waals surface area contributed by atoms with E-state index in [0.29, 0.717) is 30.5 Å². The van der Waals surface area contributed by atoms with Gasteiger partial charge < -0.3 is 24.6 Å². The first-order chi connectivity index (χ1) is 15.7. The number of hydrogen-bond donors (Lipinski definition) is 2. The minimum atomic E-state index is -0.483. The molecular weight excluding hydrogens is 412 g/mol. The van der Waals surface area contributed by atoms with E-state index in [1.807, 2.05) is 29.2 Å². The van der Waals surface area contributed by atoms with Crippen molar-refractivity contribution < 1.29 is 14.3 Å². The molecule has 0 radical (unpaired) electrons. The molecule has 2 aliphatic heterocycles. The summed E-state index contributed by atoms with van der Waals surface area (Å²) >= 11 is 0. The number of aromatic amines is 1. The van der Waals surface area contributed by atoms with Crippen molar-refractivity contribution in [3.05, 3.63) is 70.3 Å². The molecule has 0 spiro atoms. The van der Waals surface area contributed by atoms with E-state index in [4.69, 9.17) is 9.47 Å². The van der Waals surface area contributed by atoms with Crippen LogP contribution in [0.5, 0.6) is 11.5 Å². The summed E-state index contributed by atoms with van der Waals surface area (Å²) in [6.45, 7) is 3.35. The Hall–Kier alpha value is -4.08. The fourth-order valence-electron chi connectivity index (χ4n) is 3.72. The zero-order chi connectivity index (χ0) is 21.9. The standard InChI is InChI=1S/C22H22N6O4/c29-20(24-12-15-4-5-17-18(11-15)32-14-31-17)16-13-25-22(26-21(16)30)28-9-7-27(8-10-28)19-3-1-2-6-23-19/h1-6,11,13H,7-10,12,14H2,(H,24,29)(H,25,26,30). The van der Waals surface area contributed by atoms with Crippen molar-refractivity contribution in [1.29, 1.82) is 0 Å². The third-order valence-corrected chi connectivity index (χ3v) is 5.47. The normalized spacial score (nSPS) is 15.0. The number of H-pyrrole nitrogens is 1. The number of hydrogen-bond acceptors (Lipinski definition) is 8. The Kier molecular flexibility index (Phi) is 5.32. The predicted molar refractivity (Wildman–Crippen MR) is 117 cm³/mol. The van der Waals surface area contributed by atoms with Crippen LogP contribution in [0.3, 0.4) is 0 Å². The van der Waals surface area contributed by atoms with Crippen LogP contribution in [-0.2, 0) is 6.54 Å². The second-order valence-electron chi connectivity index (χ2n) is 7.48. The average molecular weight is 434 g/mol. The number of piperazine rings is 1. The van der Waals surface area contributed by atoms with Crippen LogP contribution in [0.1, 0.15) is 15.9 Å². The minimum absolute atomic E-state index is 0.0263. The molecular formula is C22H22N6O4. The molecule has 10 nitrogen and oxygen atoms in total. The van der Waals surface area contributed by atoms with Gasteiger partial charge in [-0.05, 0) is 29.8 Å². The number of nitrogens with zero attached hydrogens (tertiary/aromatic N) is 4. The van der Waals surface area contributed by atoms with Crippen LogP contribution in [0, 0.1) is 0 Å². The number of pyridine rings is 1. The van der Waals surface area contributed by atoms with Gasteiger partial charge in [0.2, 0.25) is 12.7 Å². The number of nitrogens with one attached hydrogen (secondary N) is 2. The Morgan fingerprint density at radius 2 is 1.84 bits per heavy atom. The number of carbonyl (C=O) groups excluding carboxylic acids is 1. The maximum Gasteiger partial charge on any atom is 0.265 e. The van der Waals surface area contributed by atoms with Crippen LogP contribution in [0.25, 0.3) is 0 Å². The van der Waals surface area contributed by atoms with E-state index < -0.39 is 11.5 Å². The zero-order valence-corrected chi connectivity index (χ0v) is 17.3. The molecule has 0 saturated carbocycles. The molecule has 0 unspecified atom stereocenters. The molecule has 0 bridgehead atoms. The summed E-state index contributed by atoms with van der Waals surface area (Å²) in [6.07, 6.45) is 3.10. The lowest BCUT2D eigenvalue weighted by atomic mass is 10.2. The van der Waals surface area contributed by atoms with E-state index in [1.165, 1.54) is 6.20 Å². The first kappa shape index (κ1) is 19.9. The molecule has 1 aromatic carbocycles. The summed E-state index contributed by atoms with van der Waals surface area (Å²) in [5.41, 5.74) is 0.348. The maximum absolute atomic E-state index is 12.5. The van der Waals surface area contributed by atoms with Crippen molar-refractivity contribution in [3.8, 4) is 11.5 Å². The highest BCUT2D eigenvalue weighted by atomic mass is 16.7. The van der Waals surface area contributed by atoms with Gasteiger partial charge in [-0.1, -0.05) is 12.1 Å². The topological polar surface area (TPSA) is 113 Å². The number of amides is 1. The van der Waals surface area contributed by atoms with Crippen LogP contribution >= 0.6 is 0 Å². The lowest BCUT2D eigenvalue weighted by molar-refractivity contribution is 0.0949. The number of carbonyl (C=O) groups is 1. The van der Waals surface area contributed by atoms with Gasteiger partial charge in [0.05, 0.1) is 0 Å². The quantitative estimate of drug-likeness (QED) is 0.615. The third kappa shape index (κ3) is 4.07. The fraction of sp³-hybridized carbons (Fsp3) is 0.273. The molecule has 1 fully saturated rings. The van der Waals surface area contributed by atoms with Gasteiger partial charge in [-0.15, -0.1) is 0 Å². The summed E-state index contributed by atoms with van der Waals surface area (Å²) in [4.78, 5) is 40.7. The van der Waals surface area contributed by atoms with E-state index in [-0.39, 0.29) is 18.9 Å². The zero-order valence-electron chi connectivity index (χ0n) is 17.3. The Labute approximate surface area is 183 Å². The summed E-state index contributed by atoms with van der Waals surface area (Å²) in [7, 11) is 0. The van der Waals surface area contributed by atoms with Crippen molar-refractivity contribution in [2.45, 2.75) is 6.54 Å². The van der Waals surface area contributed by atoms with Crippen LogP contribution < -0.4 is 30.1 Å². The predicted octanol–water partition coefficient (Wildman–Crippen LogP) is 1.15. The number of ether oxygens (including phenoxy) is 2. The molecule has 1 amide bonds. The van der Waals surface area contributed by atoms with Crippen LogP contribution in [0.15, 0.2) is 53.6 Å². The highest BCUT2D eigenvalue weighted by Crippen LogP contribution is 2.32. The Bertz CT molecular complexity index is 1170. The molecule has 0 atom stereocenters. The number of fused-ring (bicyclic) bond motifs is 1. The molecule has 4 heterocycles. The lowest BCUT2D eigenvalue weighted by Crippen LogP contribution is -2.48. The van der Waals surface area contributed by atoms with E-state index in [1.54, 1.807) is 18.3 Å². The number of anilines is 2. The average Bonchev–Trinajstić information content (AvgIpc) is 3.31. The molecule has 1 saturated heterocycles. The molecule has 32 heavy (non-hydrogen) atoms. The highest BCUT2D eigenvalue weighted by molar-refractivity contribution is 5.93. The number of aromatic nitrogens is 3. The number of benzene rings is 1. The van der Waals surface area contributed by atoms with E-state index in [2.05, 4.69) is 25.2 Å². The summed E-state index contributed by atoms with van der Waals surface area (Å²) in [5.74, 6) is 2.23. The van der Waals surface area contributed by atoms with Gasteiger partial charge in [0.1, 0.15) is 11.4 Å².